The number of carbonyl (C=O) groups excluding carboxylic acids is 7. The lowest BCUT2D eigenvalue weighted by Gasteiger charge is -2.19. The predicted octanol–water partition coefficient (Wildman–Crippen LogP) is 3.48. The van der Waals surface area contributed by atoms with Gasteiger partial charge >= 0.3 is 11.9 Å². The Hall–Kier alpha value is -4.74. The number of amides is 6. The first-order valence-electron chi connectivity index (χ1n) is 13.4. The van der Waals surface area contributed by atoms with E-state index in [1.54, 1.807) is 24.3 Å². The van der Waals surface area contributed by atoms with E-state index in [4.69, 9.17) is 4.74 Å². The zero-order chi connectivity index (χ0) is 34.2. The van der Waals surface area contributed by atoms with Crippen molar-refractivity contribution < 1.29 is 48.2 Å². The molecule has 2 aliphatic heterocycles. The van der Waals surface area contributed by atoms with Crippen molar-refractivity contribution in [2.24, 2.45) is 0 Å². The number of hydrogen-bond acceptors (Lipinski definition) is 9. The highest BCUT2D eigenvalue weighted by Gasteiger charge is 2.38. The Balaban J connectivity index is 1.24. The molecule has 47 heavy (non-hydrogen) atoms. The van der Waals surface area contributed by atoms with Crippen LogP contribution in [0.4, 0.5) is 5.69 Å². The Bertz CT molecular complexity index is 1880. The van der Waals surface area contributed by atoms with Gasteiger partial charge in [-0.15, -0.1) is 0 Å². The third-order valence-electron chi connectivity index (χ3n) is 7.02. The molecule has 2 aliphatic rings. The molecular weight excluding hydrogens is 816 g/mol. The van der Waals surface area contributed by atoms with Gasteiger partial charge in [0.05, 0.1) is 54.6 Å². The molecule has 3 aromatic rings. The number of esters is 1. The van der Waals surface area contributed by atoms with Crippen LogP contribution in [0.5, 0.6) is 0 Å². The molecule has 240 valence electrons. The van der Waals surface area contributed by atoms with E-state index in [1.807, 2.05) is 0 Å². The van der Waals surface area contributed by atoms with Gasteiger partial charge in [0.1, 0.15) is 19.7 Å². The standard InChI is InChI=1S/C30H19Br3N4O10/c31-21-19(25(40)34-9-10-47-18(39)12-37-28(43)15-7-3-4-8-16(15)29(37)44)22(32)24(23(33)20(21)30(45)46)35-17(38)11-36-26(41)13-5-1-2-6-14(13)27(36)42/h1-8H,9-12H2,(H,34,40)(H,35,38)(H,45,46). The molecule has 3 N–H and O–H groups in total. The minimum atomic E-state index is -1.47. The fourth-order valence-corrected chi connectivity index (χ4v) is 7.73. The van der Waals surface area contributed by atoms with Gasteiger partial charge in [-0.05, 0) is 72.1 Å². The van der Waals surface area contributed by atoms with Gasteiger partial charge in [-0.3, -0.25) is 43.4 Å². The Labute approximate surface area is 289 Å². The third kappa shape index (κ3) is 6.33. The summed E-state index contributed by atoms with van der Waals surface area (Å²) in [5.41, 5.74) is -0.243. The van der Waals surface area contributed by atoms with Crippen LogP contribution >= 0.6 is 47.8 Å². The number of nitrogens with one attached hydrogen (secondary N) is 2. The van der Waals surface area contributed by atoms with E-state index in [1.165, 1.54) is 24.3 Å². The number of hydrogen-bond donors (Lipinski definition) is 3. The minimum absolute atomic E-state index is 0.0583. The number of imide groups is 2. The molecule has 0 saturated carbocycles. The highest BCUT2D eigenvalue weighted by Crippen LogP contribution is 2.42. The van der Waals surface area contributed by atoms with Crippen molar-refractivity contribution in [1.82, 2.24) is 15.1 Å². The monoisotopic (exact) mass is 832 g/mol. The van der Waals surface area contributed by atoms with Crippen LogP contribution < -0.4 is 10.6 Å². The van der Waals surface area contributed by atoms with Crippen molar-refractivity contribution in [1.29, 1.82) is 0 Å². The van der Waals surface area contributed by atoms with E-state index in [9.17, 15) is 43.5 Å². The molecule has 5 rings (SSSR count). The second kappa shape index (κ2) is 13.5. The molecule has 0 fully saturated rings. The maximum atomic E-state index is 13.2. The molecule has 0 spiro atoms. The van der Waals surface area contributed by atoms with Crippen LogP contribution in [0, 0.1) is 0 Å². The number of aromatic carboxylic acids is 1. The molecule has 0 saturated heterocycles. The van der Waals surface area contributed by atoms with Gasteiger partial charge in [0, 0.05) is 4.47 Å². The van der Waals surface area contributed by atoms with Crippen molar-refractivity contribution in [3.63, 3.8) is 0 Å². The molecule has 6 amide bonds. The Morgan fingerprint density at radius 2 is 1.13 bits per heavy atom. The van der Waals surface area contributed by atoms with Gasteiger partial charge in [-0.2, -0.15) is 0 Å². The van der Waals surface area contributed by atoms with E-state index < -0.39 is 66.0 Å². The zero-order valence-electron chi connectivity index (χ0n) is 23.6. The summed E-state index contributed by atoms with van der Waals surface area (Å²) in [6.45, 7) is -1.96. The Kier molecular flexibility index (Phi) is 9.69. The average molecular weight is 835 g/mol. The molecule has 0 aliphatic carbocycles. The number of nitrogens with zero attached hydrogens (tertiary/aromatic N) is 2. The number of carboxylic acid groups (broad SMARTS) is 1. The van der Waals surface area contributed by atoms with Crippen LogP contribution in [0.3, 0.4) is 0 Å². The number of carboxylic acids is 1. The third-order valence-corrected chi connectivity index (χ3v) is 9.40. The van der Waals surface area contributed by atoms with Gasteiger partial charge < -0.3 is 20.5 Å². The van der Waals surface area contributed by atoms with Crippen LogP contribution in [0.25, 0.3) is 0 Å². The topological polar surface area (TPSA) is 197 Å². The van der Waals surface area contributed by atoms with Crippen LogP contribution in [0.1, 0.15) is 62.1 Å². The number of anilines is 1. The molecule has 3 aromatic carbocycles. The number of fused-ring (bicyclic) bond motifs is 2. The molecule has 17 heteroatoms. The van der Waals surface area contributed by atoms with Crippen molar-refractivity contribution in [3.8, 4) is 0 Å². The quantitative estimate of drug-likeness (QED) is 0.155. The summed E-state index contributed by atoms with van der Waals surface area (Å²) in [5, 5.41) is 14.8. The number of benzene rings is 3. The van der Waals surface area contributed by atoms with Gasteiger partial charge in [0.15, 0.2) is 0 Å². The van der Waals surface area contributed by atoms with E-state index in [-0.39, 0.29) is 60.1 Å². The maximum absolute atomic E-state index is 13.2. The predicted molar refractivity (Wildman–Crippen MR) is 172 cm³/mol. The zero-order valence-corrected chi connectivity index (χ0v) is 28.4. The number of carbonyl (C=O) groups is 8. The lowest BCUT2D eigenvalue weighted by molar-refractivity contribution is -0.143. The second-order valence-corrected chi connectivity index (χ2v) is 12.3. The highest BCUT2D eigenvalue weighted by atomic mass is 79.9. The highest BCUT2D eigenvalue weighted by molar-refractivity contribution is 9.11. The first-order valence-corrected chi connectivity index (χ1v) is 15.8. The number of halogens is 3. The van der Waals surface area contributed by atoms with Gasteiger partial charge in [0.25, 0.3) is 29.5 Å². The molecule has 2 heterocycles. The molecule has 0 radical (unpaired) electrons. The second-order valence-electron chi connectivity index (χ2n) is 9.88. The molecular formula is C30H19Br3N4O10. The van der Waals surface area contributed by atoms with Crippen molar-refractivity contribution in [2.75, 3.05) is 31.6 Å². The van der Waals surface area contributed by atoms with Gasteiger partial charge in [0.2, 0.25) is 5.91 Å². The molecule has 0 aromatic heterocycles. The summed E-state index contributed by atoms with van der Waals surface area (Å²) in [5.74, 6) is -6.71. The SMILES string of the molecule is O=C(CN1C(=O)c2ccccc2C1=O)Nc1c(Br)c(C(=O)O)c(Br)c(C(=O)NCCOC(=O)CN2C(=O)c3ccccc3C2=O)c1Br. The van der Waals surface area contributed by atoms with Crippen LogP contribution in [-0.4, -0.2) is 88.5 Å². The van der Waals surface area contributed by atoms with E-state index in [2.05, 4.69) is 58.4 Å². The lowest BCUT2D eigenvalue weighted by atomic mass is 10.1. The Morgan fingerprint density at radius 1 is 0.681 bits per heavy atom. The first-order chi connectivity index (χ1) is 22.3. The summed E-state index contributed by atoms with van der Waals surface area (Å²) < 4.78 is 4.72. The summed E-state index contributed by atoms with van der Waals surface area (Å²) in [7, 11) is 0. The summed E-state index contributed by atoms with van der Waals surface area (Å²) in [4.78, 5) is 103. The fourth-order valence-electron chi connectivity index (χ4n) is 4.84. The largest absolute Gasteiger partial charge is 0.478 e. The molecule has 14 nitrogen and oxygen atoms in total. The van der Waals surface area contributed by atoms with Gasteiger partial charge in [-0.25, -0.2) is 4.79 Å². The number of ether oxygens (including phenoxy) is 1. The van der Waals surface area contributed by atoms with Crippen molar-refractivity contribution in [3.05, 3.63) is 95.3 Å². The van der Waals surface area contributed by atoms with Crippen molar-refractivity contribution in [2.45, 2.75) is 0 Å². The molecule has 0 unspecified atom stereocenters. The maximum Gasteiger partial charge on any atom is 0.338 e. The lowest BCUT2D eigenvalue weighted by Crippen LogP contribution is -2.37. The van der Waals surface area contributed by atoms with Crippen molar-refractivity contribution >= 4 is 101 Å². The normalized spacial score (nSPS) is 13.4. The summed E-state index contributed by atoms with van der Waals surface area (Å²) in [6.07, 6.45) is 0. The smallest absolute Gasteiger partial charge is 0.338 e. The number of rotatable bonds is 10. The first kappa shape index (κ1) is 33.6. The fraction of sp³-hybridized carbons (Fsp3) is 0.133. The molecule has 0 bridgehead atoms. The van der Waals surface area contributed by atoms with Gasteiger partial charge in [-0.1, -0.05) is 24.3 Å². The van der Waals surface area contributed by atoms with E-state index in [0.29, 0.717) is 0 Å². The Morgan fingerprint density at radius 3 is 1.60 bits per heavy atom. The van der Waals surface area contributed by atoms with Crippen LogP contribution in [-0.2, 0) is 14.3 Å². The summed E-state index contributed by atoms with van der Waals surface area (Å²) >= 11 is 9.50. The summed E-state index contributed by atoms with van der Waals surface area (Å²) in [6, 6.07) is 12.2. The average Bonchev–Trinajstić information content (AvgIpc) is 3.41. The van der Waals surface area contributed by atoms with E-state index >= 15 is 0 Å². The van der Waals surface area contributed by atoms with E-state index in [0.717, 1.165) is 9.80 Å². The minimum Gasteiger partial charge on any atom is -0.478 e. The molecule has 0 atom stereocenters. The van der Waals surface area contributed by atoms with Crippen LogP contribution in [0.15, 0.2) is 61.9 Å². The van der Waals surface area contributed by atoms with Crippen LogP contribution in [0.2, 0.25) is 0 Å².